The number of aromatic nitrogens is 5. The van der Waals surface area contributed by atoms with Crippen LogP contribution >= 0.6 is 11.3 Å². The SMILES string of the molecule is C1CNCCNCCN1.Cc1ccccn1.Cc1ccccn1.O=[N+]([O-])c1ccc(Cn2ccnn2)s1.[Fe+2]. The number of pyridine rings is 2. The molecule has 3 N–H and O–H groups in total. The van der Waals surface area contributed by atoms with Crippen molar-refractivity contribution in [3.63, 3.8) is 0 Å². The zero-order chi connectivity index (χ0) is 26.6. The van der Waals surface area contributed by atoms with Crippen LogP contribution in [0.25, 0.3) is 0 Å². The van der Waals surface area contributed by atoms with Crippen LogP contribution in [0.1, 0.15) is 16.3 Å². The zero-order valence-corrected chi connectivity index (χ0v) is 23.6. The molecule has 0 spiro atoms. The van der Waals surface area contributed by atoms with E-state index < -0.39 is 4.92 Å². The summed E-state index contributed by atoms with van der Waals surface area (Å²) in [5, 5.41) is 27.9. The molecule has 204 valence electrons. The summed E-state index contributed by atoms with van der Waals surface area (Å²) >= 11 is 1.15. The first-order valence-corrected chi connectivity index (χ1v) is 12.8. The molecule has 5 heterocycles. The van der Waals surface area contributed by atoms with Crippen molar-refractivity contribution in [1.82, 2.24) is 40.9 Å². The first kappa shape index (κ1) is 33.0. The molecular formula is C25H35FeN9O2S+2. The number of hydrogen-bond donors (Lipinski definition) is 3. The van der Waals surface area contributed by atoms with E-state index in [4.69, 9.17) is 0 Å². The summed E-state index contributed by atoms with van der Waals surface area (Å²) in [6.45, 7) is 11.1. The second-order valence-corrected chi connectivity index (χ2v) is 8.94. The second-order valence-electron chi connectivity index (χ2n) is 7.79. The van der Waals surface area contributed by atoms with Crippen LogP contribution in [-0.2, 0) is 23.6 Å². The smallest absolute Gasteiger partial charge is 0.314 e. The predicted octanol–water partition coefficient (Wildman–Crippen LogP) is 2.84. The van der Waals surface area contributed by atoms with Crippen LogP contribution < -0.4 is 16.0 Å². The third kappa shape index (κ3) is 15.9. The molecule has 0 radical (unpaired) electrons. The van der Waals surface area contributed by atoms with Gasteiger partial charge in [-0.05, 0) is 44.2 Å². The largest absolute Gasteiger partial charge is 2.00 e. The van der Waals surface area contributed by atoms with Crippen LogP contribution in [0.3, 0.4) is 0 Å². The van der Waals surface area contributed by atoms with Gasteiger partial charge in [-0.2, -0.15) is 0 Å². The van der Waals surface area contributed by atoms with Gasteiger partial charge in [0.1, 0.15) is 0 Å². The Hall–Kier alpha value is -3.06. The minimum absolute atomic E-state index is 0. The number of nitro groups is 1. The topological polar surface area (TPSA) is 136 Å². The van der Waals surface area contributed by atoms with Gasteiger partial charge in [0.2, 0.25) is 0 Å². The average Bonchev–Trinajstić information content (AvgIpc) is 3.61. The van der Waals surface area contributed by atoms with E-state index in [0.717, 1.165) is 66.9 Å². The number of thiophene rings is 1. The second kappa shape index (κ2) is 20.9. The van der Waals surface area contributed by atoms with E-state index in [1.165, 1.54) is 6.07 Å². The Morgan fingerprint density at radius 3 is 1.68 bits per heavy atom. The molecule has 0 atom stereocenters. The van der Waals surface area contributed by atoms with Gasteiger partial charge in [0.05, 0.1) is 17.7 Å². The maximum Gasteiger partial charge on any atom is 2.00 e. The van der Waals surface area contributed by atoms with Gasteiger partial charge < -0.3 is 16.0 Å². The average molecular weight is 582 g/mol. The molecule has 11 nitrogen and oxygen atoms in total. The van der Waals surface area contributed by atoms with Gasteiger partial charge in [0.25, 0.3) is 0 Å². The Morgan fingerprint density at radius 2 is 1.37 bits per heavy atom. The molecule has 1 aliphatic heterocycles. The first-order valence-electron chi connectivity index (χ1n) is 12.0. The predicted molar refractivity (Wildman–Crippen MR) is 147 cm³/mol. The summed E-state index contributed by atoms with van der Waals surface area (Å²) < 4.78 is 1.62. The molecule has 0 unspecified atom stereocenters. The Labute approximate surface area is 238 Å². The minimum Gasteiger partial charge on any atom is -0.314 e. The van der Waals surface area contributed by atoms with Crippen molar-refractivity contribution < 1.29 is 22.0 Å². The summed E-state index contributed by atoms with van der Waals surface area (Å²) in [5.41, 5.74) is 2.14. The Kier molecular flexibility index (Phi) is 18.2. The molecule has 0 aliphatic carbocycles. The zero-order valence-electron chi connectivity index (χ0n) is 21.6. The standard InChI is InChI=1S/C7H6N4O2S.C6H15N3.2C6H7N.Fe/c12-11(13)7-2-1-6(14-7)5-10-4-3-8-9-10;1-2-8-5-6-9-4-3-7-1;2*1-6-4-2-3-5-7-6;/h1-4H,5H2;7-9H,1-6H2;2*2-5H,1H3;/q;;;;+2. The van der Waals surface area contributed by atoms with Crippen molar-refractivity contribution in [3.8, 4) is 0 Å². The van der Waals surface area contributed by atoms with Crippen molar-refractivity contribution in [2.75, 3.05) is 39.3 Å². The molecule has 0 aromatic carbocycles. The van der Waals surface area contributed by atoms with Gasteiger partial charge >= 0.3 is 22.1 Å². The Morgan fingerprint density at radius 1 is 0.842 bits per heavy atom. The molecular weight excluding hydrogens is 546 g/mol. The van der Waals surface area contributed by atoms with Crippen LogP contribution in [0.15, 0.2) is 73.3 Å². The summed E-state index contributed by atoms with van der Waals surface area (Å²) in [6, 6.07) is 14.9. The van der Waals surface area contributed by atoms with E-state index in [0.29, 0.717) is 6.54 Å². The fraction of sp³-hybridized carbons (Fsp3) is 0.360. The molecule has 0 bridgehead atoms. The third-order valence-electron chi connectivity index (χ3n) is 4.68. The summed E-state index contributed by atoms with van der Waals surface area (Å²) in [6.07, 6.45) is 6.86. The number of hydrogen-bond acceptors (Lipinski definition) is 10. The van der Waals surface area contributed by atoms with Gasteiger partial charge in [-0.1, -0.05) is 28.7 Å². The molecule has 5 rings (SSSR count). The van der Waals surface area contributed by atoms with E-state index in [2.05, 4.69) is 36.2 Å². The molecule has 0 saturated carbocycles. The van der Waals surface area contributed by atoms with Crippen LogP contribution in [0.5, 0.6) is 0 Å². The molecule has 4 aromatic heterocycles. The quantitative estimate of drug-likeness (QED) is 0.190. The van der Waals surface area contributed by atoms with E-state index >= 15 is 0 Å². The van der Waals surface area contributed by atoms with Gasteiger partial charge in [-0.25, -0.2) is 4.68 Å². The molecule has 1 fully saturated rings. The first-order chi connectivity index (χ1) is 18.0. The maximum absolute atomic E-state index is 10.4. The van der Waals surface area contributed by atoms with E-state index in [1.807, 2.05) is 50.2 Å². The fourth-order valence-corrected chi connectivity index (χ4v) is 3.64. The van der Waals surface area contributed by atoms with E-state index in [1.54, 1.807) is 35.5 Å². The number of rotatable bonds is 3. The Bertz CT molecular complexity index is 1030. The molecule has 13 heteroatoms. The monoisotopic (exact) mass is 581 g/mol. The summed E-state index contributed by atoms with van der Waals surface area (Å²) in [5.74, 6) is 0. The molecule has 0 amide bonds. The summed E-state index contributed by atoms with van der Waals surface area (Å²) in [4.78, 5) is 18.9. The van der Waals surface area contributed by atoms with Crippen LogP contribution in [0, 0.1) is 24.0 Å². The van der Waals surface area contributed by atoms with Crippen molar-refractivity contribution in [2.45, 2.75) is 20.4 Å². The third-order valence-corrected chi connectivity index (χ3v) is 5.70. The number of nitrogens with zero attached hydrogens (tertiary/aromatic N) is 6. The van der Waals surface area contributed by atoms with E-state index in [9.17, 15) is 10.1 Å². The number of aryl methyl sites for hydroxylation is 2. The van der Waals surface area contributed by atoms with Gasteiger partial charge in [0, 0.05) is 80.2 Å². The van der Waals surface area contributed by atoms with Gasteiger partial charge in [-0.15, -0.1) is 5.10 Å². The minimum atomic E-state index is -0.393. The van der Waals surface area contributed by atoms with Crippen LogP contribution in [0.2, 0.25) is 0 Å². The van der Waals surface area contributed by atoms with Gasteiger partial charge in [-0.3, -0.25) is 20.1 Å². The van der Waals surface area contributed by atoms with E-state index in [-0.39, 0.29) is 22.1 Å². The normalized spacial score (nSPS) is 12.7. The van der Waals surface area contributed by atoms with Crippen molar-refractivity contribution in [1.29, 1.82) is 0 Å². The molecule has 1 saturated heterocycles. The fourth-order valence-electron chi connectivity index (χ4n) is 2.83. The van der Waals surface area contributed by atoms with Crippen molar-refractivity contribution in [2.24, 2.45) is 0 Å². The summed E-state index contributed by atoms with van der Waals surface area (Å²) in [7, 11) is 0. The Balaban J connectivity index is 0.000000264. The van der Waals surface area contributed by atoms with Crippen LogP contribution in [-0.4, -0.2) is 69.2 Å². The van der Waals surface area contributed by atoms with Gasteiger partial charge in [0.15, 0.2) is 0 Å². The maximum atomic E-state index is 10.4. The molecule has 1 aliphatic rings. The van der Waals surface area contributed by atoms with Crippen molar-refractivity contribution in [3.05, 3.63) is 99.7 Å². The van der Waals surface area contributed by atoms with Crippen LogP contribution in [0.4, 0.5) is 5.00 Å². The number of nitrogens with one attached hydrogen (secondary N) is 3. The molecule has 38 heavy (non-hydrogen) atoms. The van der Waals surface area contributed by atoms with Crippen molar-refractivity contribution >= 4 is 16.3 Å². The molecule has 4 aromatic rings.